The molecule has 0 radical (unpaired) electrons. The lowest BCUT2D eigenvalue weighted by Gasteiger charge is -2.15. The summed E-state index contributed by atoms with van der Waals surface area (Å²) in [5, 5.41) is 12.0. The van der Waals surface area contributed by atoms with Crippen LogP contribution in [-0.4, -0.2) is 23.6 Å². The fraction of sp³-hybridized carbons (Fsp3) is 0.462. The minimum absolute atomic E-state index is 0.178. The second-order valence-electron chi connectivity index (χ2n) is 4.73. The lowest BCUT2D eigenvalue weighted by molar-refractivity contribution is 0.0943. The maximum Gasteiger partial charge on any atom is 0.258 e. The Morgan fingerprint density at radius 3 is 2.72 bits per heavy atom. The SMILES string of the molecule is CC(C)CC(N)CNC(=O)c1c(O)cccc1F. The average Bonchev–Trinajstić information content (AvgIpc) is 2.25. The summed E-state index contributed by atoms with van der Waals surface area (Å²) in [4.78, 5) is 11.7. The normalized spacial score (nSPS) is 12.5. The standard InChI is InChI=1S/C13H19FN2O2/c1-8(2)6-9(15)7-16-13(18)12-10(14)4-3-5-11(12)17/h3-5,8-9,17H,6-7,15H2,1-2H3,(H,16,18). The summed E-state index contributed by atoms with van der Waals surface area (Å²) in [7, 11) is 0. The molecule has 1 unspecified atom stereocenters. The minimum Gasteiger partial charge on any atom is -0.507 e. The first-order valence-corrected chi connectivity index (χ1v) is 5.93. The van der Waals surface area contributed by atoms with E-state index in [1.165, 1.54) is 12.1 Å². The molecule has 1 rings (SSSR count). The number of amides is 1. The van der Waals surface area contributed by atoms with Crippen LogP contribution in [0.25, 0.3) is 0 Å². The number of phenols is 1. The highest BCUT2D eigenvalue weighted by atomic mass is 19.1. The Labute approximate surface area is 106 Å². The molecule has 1 aromatic rings. The number of rotatable bonds is 5. The maximum atomic E-state index is 13.4. The van der Waals surface area contributed by atoms with Gasteiger partial charge in [-0.15, -0.1) is 0 Å². The molecular weight excluding hydrogens is 235 g/mol. The van der Waals surface area contributed by atoms with Gasteiger partial charge in [-0.05, 0) is 24.5 Å². The lowest BCUT2D eigenvalue weighted by atomic mass is 10.0. The van der Waals surface area contributed by atoms with Crippen molar-refractivity contribution in [1.29, 1.82) is 0 Å². The number of hydrogen-bond donors (Lipinski definition) is 3. The second kappa shape index (κ2) is 6.35. The van der Waals surface area contributed by atoms with Crippen molar-refractivity contribution in [3.8, 4) is 5.75 Å². The number of nitrogens with two attached hydrogens (primary N) is 1. The maximum absolute atomic E-state index is 13.4. The quantitative estimate of drug-likeness (QED) is 0.747. The molecular formula is C13H19FN2O2. The first-order chi connectivity index (χ1) is 8.41. The van der Waals surface area contributed by atoms with Gasteiger partial charge in [0.05, 0.1) is 0 Å². The van der Waals surface area contributed by atoms with Gasteiger partial charge in [0.15, 0.2) is 0 Å². The summed E-state index contributed by atoms with van der Waals surface area (Å²) in [6, 6.07) is 3.56. The Morgan fingerprint density at radius 1 is 1.50 bits per heavy atom. The van der Waals surface area contributed by atoms with Gasteiger partial charge in [0.1, 0.15) is 17.1 Å². The molecule has 0 aliphatic carbocycles. The van der Waals surface area contributed by atoms with Crippen LogP contribution in [0.15, 0.2) is 18.2 Å². The zero-order valence-corrected chi connectivity index (χ0v) is 10.6. The van der Waals surface area contributed by atoms with Crippen molar-refractivity contribution in [2.24, 2.45) is 11.7 Å². The summed E-state index contributed by atoms with van der Waals surface area (Å²) in [5.41, 5.74) is 5.47. The van der Waals surface area contributed by atoms with E-state index in [4.69, 9.17) is 5.73 Å². The van der Waals surface area contributed by atoms with Crippen molar-refractivity contribution in [3.05, 3.63) is 29.6 Å². The van der Waals surface area contributed by atoms with E-state index in [1.54, 1.807) is 0 Å². The van der Waals surface area contributed by atoms with Crippen LogP contribution >= 0.6 is 0 Å². The molecule has 0 saturated heterocycles. The third-order valence-electron chi connectivity index (χ3n) is 2.52. The van der Waals surface area contributed by atoms with Gasteiger partial charge in [-0.25, -0.2) is 4.39 Å². The topological polar surface area (TPSA) is 75.3 Å². The highest BCUT2D eigenvalue weighted by molar-refractivity contribution is 5.97. The van der Waals surface area contributed by atoms with Crippen LogP contribution in [0.4, 0.5) is 4.39 Å². The van der Waals surface area contributed by atoms with Gasteiger partial charge in [0.25, 0.3) is 5.91 Å². The van der Waals surface area contributed by atoms with Crippen molar-refractivity contribution in [3.63, 3.8) is 0 Å². The van der Waals surface area contributed by atoms with Crippen LogP contribution < -0.4 is 11.1 Å². The largest absolute Gasteiger partial charge is 0.507 e. The predicted molar refractivity (Wildman–Crippen MR) is 67.8 cm³/mol. The molecule has 0 heterocycles. The molecule has 1 aromatic carbocycles. The Kier molecular flexibility index (Phi) is 5.09. The van der Waals surface area contributed by atoms with Crippen molar-refractivity contribution >= 4 is 5.91 Å². The summed E-state index contributed by atoms with van der Waals surface area (Å²) in [6.07, 6.45) is 0.767. The number of aromatic hydroxyl groups is 1. The molecule has 0 fully saturated rings. The Bertz CT molecular complexity index is 401. The Balaban J connectivity index is 2.61. The van der Waals surface area contributed by atoms with E-state index in [0.29, 0.717) is 5.92 Å². The number of phenolic OH excluding ortho intramolecular Hbond substituents is 1. The molecule has 1 amide bonds. The fourth-order valence-electron chi connectivity index (χ4n) is 1.74. The van der Waals surface area contributed by atoms with E-state index in [-0.39, 0.29) is 23.9 Å². The van der Waals surface area contributed by atoms with Gasteiger partial charge in [-0.2, -0.15) is 0 Å². The molecule has 5 heteroatoms. The van der Waals surface area contributed by atoms with Crippen molar-refractivity contribution in [1.82, 2.24) is 5.32 Å². The monoisotopic (exact) mass is 254 g/mol. The first kappa shape index (κ1) is 14.4. The van der Waals surface area contributed by atoms with E-state index in [0.717, 1.165) is 12.5 Å². The van der Waals surface area contributed by atoms with E-state index in [9.17, 15) is 14.3 Å². The molecule has 4 nitrogen and oxygen atoms in total. The predicted octanol–water partition coefficient (Wildman–Crippen LogP) is 1.63. The van der Waals surface area contributed by atoms with Gasteiger partial charge >= 0.3 is 0 Å². The molecule has 18 heavy (non-hydrogen) atoms. The molecule has 0 aliphatic heterocycles. The molecule has 0 bridgehead atoms. The fourth-order valence-corrected chi connectivity index (χ4v) is 1.74. The van der Waals surface area contributed by atoms with Gasteiger partial charge in [-0.1, -0.05) is 19.9 Å². The van der Waals surface area contributed by atoms with Crippen molar-refractivity contribution < 1.29 is 14.3 Å². The van der Waals surface area contributed by atoms with Crippen LogP contribution in [-0.2, 0) is 0 Å². The van der Waals surface area contributed by atoms with E-state index in [2.05, 4.69) is 5.32 Å². The molecule has 4 N–H and O–H groups in total. The van der Waals surface area contributed by atoms with E-state index < -0.39 is 11.7 Å². The van der Waals surface area contributed by atoms with Crippen LogP contribution in [0.3, 0.4) is 0 Å². The van der Waals surface area contributed by atoms with Crippen molar-refractivity contribution in [2.45, 2.75) is 26.3 Å². The third-order valence-corrected chi connectivity index (χ3v) is 2.52. The van der Waals surface area contributed by atoms with Crippen LogP contribution in [0.5, 0.6) is 5.75 Å². The second-order valence-corrected chi connectivity index (χ2v) is 4.73. The van der Waals surface area contributed by atoms with Crippen LogP contribution in [0, 0.1) is 11.7 Å². The average molecular weight is 254 g/mol. The zero-order chi connectivity index (χ0) is 13.7. The van der Waals surface area contributed by atoms with E-state index in [1.807, 2.05) is 13.8 Å². The van der Waals surface area contributed by atoms with Crippen LogP contribution in [0.1, 0.15) is 30.6 Å². The highest BCUT2D eigenvalue weighted by Gasteiger charge is 2.17. The molecule has 0 spiro atoms. The number of carbonyl (C=O) groups is 1. The smallest absolute Gasteiger partial charge is 0.258 e. The van der Waals surface area contributed by atoms with Gasteiger partial charge < -0.3 is 16.2 Å². The summed E-state index contributed by atoms with van der Waals surface area (Å²) >= 11 is 0. The molecule has 0 aliphatic rings. The first-order valence-electron chi connectivity index (χ1n) is 5.93. The number of halogens is 1. The van der Waals surface area contributed by atoms with Gasteiger partial charge in [0, 0.05) is 12.6 Å². The summed E-state index contributed by atoms with van der Waals surface area (Å²) < 4.78 is 13.4. The highest BCUT2D eigenvalue weighted by Crippen LogP contribution is 2.19. The summed E-state index contributed by atoms with van der Waals surface area (Å²) in [5.74, 6) is -1.33. The number of benzene rings is 1. The van der Waals surface area contributed by atoms with Gasteiger partial charge in [0.2, 0.25) is 0 Å². The molecule has 0 saturated carbocycles. The lowest BCUT2D eigenvalue weighted by Crippen LogP contribution is -2.38. The zero-order valence-electron chi connectivity index (χ0n) is 10.6. The molecule has 0 aromatic heterocycles. The van der Waals surface area contributed by atoms with Crippen molar-refractivity contribution in [2.75, 3.05) is 6.54 Å². The Morgan fingerprint density at radius 2 is 2.17 bits per heavy atom. The van der Waals surface area contributed by atoms with E-state index >= 15 is 0 Å². The molecule has 1 atom stereocenters. The minimum atomic E-state index is -0.745. The Hall–Kier alpha value is -1.62. The van der Waals surface area contributed by atoms with Gasteiger partial charge in [-0.3, -0.25) is 4.79 Å². The number of hydrogen-bond acceptors (Lipinski definition) is 3. The number of nitrogens with one attached hydrogen (secondary N) is 1. The summed E-state index contributed by atoms with van der Waals surface area (Å²) in [6.45, 7) is 4.32. The molecule has 100 valence electrons. The third kappa shape index (κ3) is 4.00. The number of carbonyl (C=O) groups excluding carboxylic acids is 1. The van der Waals surface area contributed by atoms with Crippen LogP contribution in [0.2, 0.25) is 0 Å².